The highest BCUT2D eigenvalue weighted by Crippen LogP contribution is 2.33. The van der Waals surface area contributed by atoms with Crippen LogP contribution in [0.5, 0.6) is 0 Å². The molecule has 1 nitrogen and oxygen atoms in total. The van der Waals surface area contributed by atoms with Crippen LogP contribution in [0.1, 0.15) is 37.7 Å². The van der Waals surface area contributed by atoms with E-state index in [-0.39, 0.29) is 5.82 Å². The summed E-state index contributed by atoms with van der Waals surface area (Å²) in [6.45, 7) is 1.10. The number of halogens is 2. The van der Waals surface area contributed by atoms with Crippen molar-refractivity contribution in [2.45, 2.75) is 38.5 Å². The van der Waals surface area contributed by atoms with Gasteiger partial charge in [0.05, 0.1) is 0 Å². The molecule has 0 heterocycles. The molecule has 0 radical (unpaired) electrons. The predicted octanol–water partition coefficient (Wildman–Crippen LogP) is 4.55. The van der Waals surface area contributed by atoms with E-state index in [9.17, 15) is 4.39 Å². The van der Waals surface area contributed by atoms with Gasteiger partial charge in [0.25, 0.3) is 0 Å². The number of hydrogen-bond donors (Lipinski definition) is 1. The average Bonchev–Trinajstić information content (AvgIpc) is 2.59. The lowest BCUT2D eigenvalue weighted by Crippen LogP contribution is -2.26. The summed E-state index contributed by atoms with van der Waals surface area (Å²) < 4.78 is 14.1. The topological polar surface area (TPSA) is 12.0 Å². The first kappa shape index (κ1) is 15.0. The minimum Gasteiger partial charge on any atom is -0.319 e. The molecule has 1 aliphatic rings. The summed E-state index contributed by atoms with van der Waals surface area (Å²) in [6, 6.07) is 5.09. The molecule has 106 valence electrons. The molecule has 0 aromatic heterocycles. The third kappa shape index (κ3) is 4.28. The summed E-state index contributed by atoms with van der Waals surface area (Å²) in [7, 11) is 2.04. The van der Waals surface area contributed by atoms with Crippen molar-refractivity contribution in [3.63, 3.8) is 0 Å². The second-order valence-corrected chi connectivity index (χ2v) is 6.51. The molecule has 0 spiro atoms. The highest BCUT2D eigenvalue weighted by atomic mass is 79.9. The van der Waals surface area contributed by atoms with Crippen LogP contribution in [0.25, 0.3) is 0 Å². The van der Waals surface area contributed by atoms with Crippen LogP contribution in [0.4, 0.5) is 4.39 Å². The van der Waals surface area contributed by atoms with Crippen molar-refractivity contribution in [2.75, 3.05) is 13.6 Å². The molecule has 1 fully saturated rings. The Morgan fingerprint density at radius 2 is 1.95 bits per heavy atom. The lowest BCUT2D eigenvalue weighted by atomic mass is 9.83. The Labute approximate surface area is 124 Å². The van der Waals surface area contributed by atoms with E-state index >= 15 is 0 Å². The summed E-state index contributed by atoms with van der Waals surface area (Å²) in [4.78, 5) is 0. The molecule has 2 atom stereocenters. The maximum Gasteiger partial charge on any atom is 0.124 e. The van der Waals surface area contributed by atoms with Crippen LogP contribution in [-0.4, -0.2) is 13.6 Å². The Morgan fingerprint density at radius 3 is 2.63 bits per heavy atom. The van der Waals surface area contributed by atoms with E-state index in [1.54, 1.807) is 12.1 Å². The summed E-state index contributed by atoms with van der Waals surface area (Å²) in [5.41, 5.74) is 1.24. The van der Waals surface area contributed by atoms with E-state index in [1.807, 2.05) is 13.1 Å². The van der Waals surface area contributed by atoms with Gasteiger partial charge in [-0.25, -0.2) is 4.39 Å². The monoisotopic (exact) mass is 327 g/mol. The van der Waals surface area contributed by atoms with Gasteiger partial charge in [-0.05, 0) is 62.4 Å². The molecule has 1 aromatic rings. The van der Waals surface area contributed by atoms with E-state index in [0.29, 0.717) is 0 Å². The highest BCUT2D eigenvalue weighted by Gasteiger charge is 2.24. The number of nitrogens with one attached hydrogen (secondary N) is 1. The molecule has 1 N–H and O–H groups in total. The molecule has 3 heteroatoms. The summed E-state index contributed by atoms with van der Waals surface area (Å²) >= 11 is 3.50. The second-order valence-electron chi connectivity index (χ2n) is 5.66. The third-order valence-electron chi connectivity index (χ3n) is 4.28. The van der Waals surface area contributed by atoms with E-state index in [4.69, 9.17) is 0 Å². The zero-order valence-electron chi connectivity index (χ0n) is 11.6. The maximum absolute atomic E-state index is 13.1. The van der Waals surface area contributed by atoms with Crippen LogP contribution in [0.2, 0.25) is 0 Å². The molecule has 0 bridgehead atoms. The Morgan fingerprint density at radius 1 is 1.21 bits per heavy atom. The first-order valence-electron chi connectivity index (χ1n) is 7.29. The molecular weight excluding hydrogens is 305 g/mol. The smallest absolute Gasteiger partial charge is 0.124 e. The predicted molar refractivity (Wildman–Crippen MR) is 81.8 cm³/mol. The highest BCUT2D eigenvalue weighted by molar-refractivity contribution is 9.10. The zero-order valence-corrected chi connectivity index (χ0v) is 13.2. The molecule has 19 heavy (non-hydrogen) atoms. The van der Waals surface area contributed by atoms with E-state index in [1.165, 1.54) is 37.7 Å². The molecule has 1 aliphatic carbocycles. The van der Waals surface area contributed by atoms with Crippen LogP contribution >= 0.6 is 15.9 Å². The average molecular weight is 328 g/mol. The fourth-order valence-electron chi connectivity index (χ4n) is 3.23. The Bertz CT molecular complexity index is 408. The van der Waals surface area contributed by atoms with Gasteiger partial charge < -0.3 is 5.32 Å². The van der Waals surface area contributed by atoms with Gasteiger partial charge in [-0.3, -0.25) is 0 Å². The summed E-state index contributed by atoms with van der Waals surface area (Å²) in [6.07, 6.45) is 7.74. The number of benzene rings is 1. The Balaban J connectivity index is 2.09. The van der Waals surface area contributed by atoms with Crippen molar-refractivity contribution < 1.29 is 4.39 Å². The Kier molecular flexibility index (Phi) is 5.83. The van der Waals surface area contributed by atoms with E-state index in [0.717, 1.165) is 29.3 Å². The molecule has 1 saturated carbocycles. The van der Waals surface area contributed by atoms with Gasteiger partial charge in [-0.15, -0.1) is 0 Å². The number of rotatable bonds is 4. The van der Waals surface area contributed by atoms with Gasteiger partial charge >= 0.3 is 0 Å². The van der Waals surface area contributed by atoms with Gasteiger partial charge in [0.15, 0.2) is 0 Å². The zero-order chi connectivity index (χ0) is 13.7. The minimum absolute atomic E-state index is 0.164. The molecule has 1 aromatic carbocycles. The molecular formula is C16H23BrFN. The van der Waals surface area contributed by atoms with Gasteiger partial charge in [0, 0.05) is 4.47 Å². The molecule has 0 aliphatic heterocycles. The van der Waals surface area contributed by atoms with Crippen molar-refractivity contribution in [1.29, 1.82) is 0 Å². The van der Waals surface area contributed by atoms with Crippen molar-refractivity contribution in [3.05, 3.63) is 34.1 Å². The first-order valence-corrected chi connectivity index (χ1v) is 8.08. The summed E-state index contributed by atoms with van der Waals surface area (Å²) in [5.74, 6) is 1.31. The number of hydrogen-bond acceptors (Lipinski definition) is 1. The molecule has 2 rings (SSSR count). The lowest BCUT2D eigenvalue weighted by molar-refractivity contribution is 0.303. The van der Waals surface area contributed by atoms with Crippen LogP contribution in [0.15, 0.2) is 22.7 Å². The molecule has 2 unspecified atom stereocenters. The van der Waals surface area contributed by atoms with Crippen LogP contribution in [0.3, 0.4) is 0 Å². The third-order valence-corrected chi connectivity index (χ3v) is 5.02. The van der Waals surface area contributed by atoms with Gasteiger partial charge in [0.1, 0.15) is 5.82 Å². The van der Waals surface area contributed by atoms with E-state index < -0.39 is 0 Å². The largest absolute Gasteiger partial charge is 0.319 e. The molecule has 0 amide bonds. The fraction of sp³-hybridized carbons (Fsp3) is 0.625. The normalized spacial score (nSPS) is 24.2. The van der Waals surface area contributed by atoms with Crippen LogP contribution in [0, 0.1) is 17.7 Å². The van der Waals surface area contributed by atoms with Gasteiger partial charge in [-0.1, -0.05) is 41.3 Å². The SMILES string of the molecule is CNCC1CCCCCC1Cc1ccc(F)cc1Br. The van der Waals surface area contributed by atoms with E-state index in [2.05, 4.69) is 21.2 Å². The van der Waals surface area contributed by atoms with Crippen molar-refractivity contribution >= 4 is 15.9 Å². The van der Waals surface area contributed by atoms with Crippen molar-refractivity contribution in [2.24, 2.45) is 11.8 Å². The van der Waals surface area contributed by atoms with Gasteiger partial charge in [0.2, 0.25) is 0 Å². The summed E-state index contributed by atoms with van der Waals surface area (Å²) in [5, 5.41) is 3.33. The first-order chi connectivity index (χ1) is 9.20. The second kappa shape index (κ2) is 7.39. The fourth-order valence-corrected chi connectivity index (χ4v) is 3.74. The quantitative estimate of drug-likeness (QED) is 0.800. The van der Waals surface area contributed by atoms with Crippen LogP contribution in [-0.2, 0) is 6.42 Å². The standard InChI is InChI=1S/C16H23BrFN/c1-19-11-14-6-4-2-3-5-12(14)9-13-7-8-15(18)10-16(13)17/h7-8,10,12,14,19H,2-6,9,11H2,1H3. The van der Waals surface area contributed by atoms with Gasteiger partial charge in [-0.2, -0.15) is 0 Å². The minimum atomic E-state index is -0.164. The molecule has 0 saturated heterocycles. The maximum atomic E-state index is 13.1. The lowest BCUT2D eigenvalue weighted by Gasteiger charge is -2.25. The van der Waals surface area contributed by atoms with Crippen LogP contribution < -0.4 is 5.32 Å². The van der Waals surface area contributed by atoms with Crippen molar-refractivity contribution in [1.82, 2.24) is 5.32 Å². The van der Waals surface area contributed by atoms with Crippen molar-refractivity contribution in [3.8, 4) is 0 Å². The Hall–Kier alpha value is -0.410.